The monoisotopic (exact) mass is 254 g/mol. The van der Waals surface area contributed by atoms with Crippen LogP contribution < -0.4 is 10.1 Å². The summed E-state index contributed by atoms with van der Waals surface area (Å²) in [5.41, 5.74) is -0.148. The molecule has 0 saturated carbocycles. The van der Waals surface area contributed by atoms with Crippen LogP contribution in [-0.4, -0.2) is 43.1 Å². The lowest BCUT2D eigenvalue weighted by molar-refractivity contribution is 0.0480. The first-order valence-corrected chi connectivity index (χ1v) is 6.58. The molecule has 0 radical (unpaired) electrons. The standard InChI is InChI=1S/C12H18N2O2S/c1-12(2)8-13-5-6-14(12)11(15)10-9(16-3)4-7-17-10/h4,7,13H,5-6,8H2,1-3H3. The van der Waals surface area contributed by atoms with Gasteiger partial charge in [-0.15, -0.1) is 11.3 Å². The van der Waals surface area contributed by atoms with Gasteiger partial charge in [0.2, 0.25) is 0 Å². The highest BCUT2D eigenvalue weighted by Crippen LogP contribution is 2.29. The molecule has 5 heteroatoms. The molecule has 0 spiro atoms. The molecular formula is C12H18N2O2S. The quantitative estimate of drug-likeness (QED) is 0.871. The number of carbonyl (C=O) groups is 1. The van der Waals surface area contributed by atoms with E-state index in [4.69, 9.17) is 4.74 Å². The van der Waals surface area contributed by atoms with Gasteiger partial charge in [-0.05, 0) is 25.3 Å². The van der Waals surface area contributed by atoms with Crippen molar-refractivity contribution < 1.29 is 9.53 Å². The first-order valence-electron chi connectivity index (χ1n) is 5.70. The fourth-order valence-corrected chi connectivity index (χ4v) is 2.90. The molecule has 1 N–H and O–H groups in total. The first-order chi connectivity index (χ1) is 8.06. The van der Waals surface area contributed by atoms with Crippen LogP contribution in [0.5, 0.6) is 5.75 Å². The van der Waals surface area contributed by atoms with Gasteiger partial charge in [-0.2, -0.15) is 0 Å². The Morgan fingerprint density at radius 1 is 1.59 bits per heavy atom. The third-order valence-electron chi connectivity index (χ3n) is 3.09. The molecule has 0 aliphatic carbocycles. The summed E-state index contributed by atoms with van der Waals surface area (Å²) in [5, 5.41) is 5.20. The van der Waals surface area contributed by atoms with Gasteiger partial charge in [0, 0.05) is 19.6 Å². The van der Waals surface area contributed by atoms with Crippen molar-refractivity contribution in [3.05, 3.63) is 16.3 Å². The number of hydrogen-bond acceptors (Lipinski definition) is 4. The Hall–Kier alpha value is -1.07. The molecule has 0 unspecified atom stereocenters. The van der Waals surface area contributed by atoms with Crippen LogP contribution in [-0.2, 0) is 0 Å². The summed E-state index contributed by atoms with van der Waals surface area (Å²) in [6, 6.07) is 1.84. The van der Waals surface area contributed by atoms with Gasteiger partial charge in [0.1, 0.15) is 10.6 Å². The fourth-order valence-electron chi connectivity index (χ4n) is 2.10. The van der Waals surface area contributed by atoms with E-state index < -0.39 is 0 Å². The SMILES string of the molecule is COc1ccsc1C(=O)N1CCNCC1(C)C. The van der Waals surface area contributed by atoms with Crippen LogP contribution in [0, 0.1) is 0 Å². The summed E-state index contributed by atoms with van der Waals surface area (Å²) in [5.74, 6) is 0.748. The second kappa shape index (κ2) is 4.66. The molecule has 94 valence electrons. The lowest BCUT2D eigenvalue weighted by Gasteiger charge is -2.42. The van der Waals surface area contributed by atoms with Crippen LogP contribution in [0.15, 0.2) is 11.4 Å². The van der Waals surface area contributed by atoms with Gasteiger partial charge in [-0.25, -0.2) is 0 Å². The molecule has 0 aromatic carbocycles. The summed E-state index contributed by atoms with van der Waals surface area (Å²) in [4.78, 5) is 15.1. The van der Waals surface area contributed by atoms with Crippen LogP contribution in [0.3, 0.4) is 0 Å². The van der Waals surface area contributed by atoms with Gasteiger partial charge in [0.25, 0.3) is 5.91 Å². The van der Waals surface area contributed by atoms with E-state index in [0.29, 0.717) is 10.6 Å². The van der Waals surface area contributed by atoms with Gasteiger partial charge in [-0.3, -0.25) is 4.79 Å². The molecule has 0 atom stereocenters. The molecule has 1 aliphatic rings. The highest BCUT2D eigenvalue weighted by atomic mass is 32.1. The summed E-state index contributed by atoms with van der Waals surface area (Å²) < 4.78 is 5.21. The Bertz CT molecular complexity index is 414. The third kappa shape index (κ3) is 2.30. The molecule has 1 amide bonds. The molecule has 4 nitrogen and oxygen atoms in total. The van der Waals surface area contributed by atoms with Crippen molar-refractivity contribution in [2.45, 2.75) is 19.4 Å². The van der Waals surface area contributed by atoms with E-state index in [2.05, 4.69) is 19.2 Å². The summed E-state index contributed by atoms with van der Waals surface area (Å²) in [6.07, 6.45) is 0. The van der Waals surface area contributed by atoms with Crippen molar-refractivity contribution in [2.24, 2.45) is 0 Å². The van der Waals surface area contributed by atoms with Crippen molar-refractivity contribution in [2.75, 3.05) is 26.7 Å². The number of amides is 1. The number of carbonyl (C=O) groups excluding carboxylic acids is 1. The molecule has 0 bridgehead atoms. The van der Waals surface area contributed by atoms with Crippen molar-refractivity contribution in [1.82, 2.24) is 10.2 Å². The van der Waals surface area contributed by atoms with Crippen LogP contribution in [0.2, 0.25) is 0 Å². The minimum Gasteiger partial charge on any atom is -0.495 e. The fraction of sp³-hybridized carbons (Fsp3) is 0.583. The Kier molecular flexibility index (Phi) is 3.40. The molecule has 1 aromatic rings. The minimum atomic E-state index is -0.148. The number of thiophene rings is 1. The first kappa shape index (κ1) is 12.4. The van der Waals surface area contributed by atoms with E-state index >= 15 is 0 Å². The van der Waals surface area contributed by atoms with E-state index in [1.54, 1.807) is 7.11 Å². The topological polar surface area (TPSA) is 41.6 Å². The number of rotatable bonds is 2. The van der Waals surface area contributed by atoms with Crippen LogP contribution in [0.25, 0.3) is 0 Å². The van der Waals surface area contributed by atoms with Crippen molar-refractivity contribution >= 4 is 17.2 Å². The third-order valence-corrected chi connectivity index (χ3v) is 3.97. The number of nitrogens with zero attached hydrogens (tertiary/aromatic N) is 1. The second-order valence-corrected chi connectivity index (χ2v) is 5.68. The van der Waals surface area contributed by atoms with Gasteiger partial charge in [0.15, 0.2) is 0 Å². The summed E-state index contributed by atoms with van der Waals surface area (Å²) >= 11 is 1.44. The maximum Gasteiger partial charge on any atom is 0.268 e. The number of hydrogen-bond donors (Lipinski definition) is 1. The molecule has 1 fully saturated rings. The number of methoxy groups -OCH3 is 1. The van der Waals surface area contributed by atoms with Crippen molar-refractivity contribution in [3.8, 4) is 5.75 Å². The van der Waals surface area contributed by atoms with E-state index in [1.807, 2.05) is 16.3 Å². The number of piperazine rings is 1. The van der Waals surface area contributed by atoms with Gasteiger partial charge < -0.3 is 15.0 Å². The smallest absolute Gasteiger partial charge is 0.268 e. The Morgan fingerprint density at radius 2 is 2.35 bits per heavy atom. The lowest BCUT2D eigenvalue weighted by atomic mass is 10.00. The van der Waals surface area contributed by atoms with E-state index in [9.17, 15) is 4.79 Å². The molecular weight excluding hydrogens is 236 g/mol. The largest absolute Gasteiger partial charge is 0.495 e. The average molecular weight is 254 g/mol. The van der Waals surface area contributed by atoms with E-state index in [1.165, 1.54) is 11.3 Å². The zero-order valence-electron chi connectivity index (χ0n) is 10.4. The second-order valence-electron chi connectivity index (χ2n) is 4.76. The number of ether oxygens (including phenoxy) is 1. The molecule has 1 aliphatic heterocycles. The Morgan fingerprint density at radius 3 is 3.00 bits per heavy atom. The lowest BCUT2D eigenvalue weighted by Crippen LogP contribution is -2.59. The predicted molar refractivity (Wildman–Crippen MR) is 68.9 cm³/mol. The maximum atomic E-state index is 12.5. The molecule has 2 rings (SSSR count). The molecule has 17 heavy (non-hydrogen) atoms. The van der Waals surface area contributed by atoms with Crippen molar-refractivity contribution in [3.63, 3.8) is 0 Å². The zero-order chi connectivity index (χ0) is 12.5. The zero-order valence-corrected chi connectivity index (χ0v) is 11.3. The highest BCUT2D eigenvalue weighted by molar-refractivity contribution is 7.12. The van der Waals surface area contributed by atoms with Gasteiger partial charge >= 0.3 is 0 Å². The van der Waals surface area contributed by atoms with Gasteiger partial charge in [0.05, 0.1) is 12.6 Å². The minimum absolute atomic E-state index is 0.0725. The maximum absolute atomic E-state index is 12.5. The van der Waals surface area contributed by atoms with Crippen LogP contribution >= 0.6 is 11.3 Å². The average Bonchev–Trinajstić information content (AvgIpc) is 2.75. The van der Waals surface area contributed by atoms with E-state index in [-0.39, 0.29) is 11.4 Å². The number of nitrogens with one attached hydrogen (secondary N) is 1. The molecule has 1 aromatic heterocycles. The Balaban J connectivity index is 2.25. The Labute approximate surface area is 106 Å². The highest BCUT2D eigenvalue weighted by Gasteiger charge is 2.35. The summed E-state index contributed by atoms with van der Waals surface area (Å²) in [6.45, 7) is 6.58. The van der Waals surface area contributed by atoms with Gasteiger partial charge in [-0.1, -0.05) is 0 Å². The van der Waals surface area contributed by atoms with E-state index in [0.717, 1.165) is 19.6 Å². The van der Waals surface area contributed by atoms with Crippen LogP contribution in [0.4, 0.5) is 0 Å². The predicted octanol–water partition coefficient (Wildman–Crippen LogP) is 1.58. The van der Waals surface area contributed by atoms with Crippen LogP contribution in [0.1, 0.15) is 23.5 Å². The summed E-state index contributed by atoms with van der Waals surface area (Å²) in [7, 11) is 1.60. The molecule has 1 saturated heterocycles. The normalized spacial score (nSPS) is 19.1. The molecule has 2 heterocycles. The van der Waals surface area contributed by atoms with Crippen molar-refractivity contribution in [1.29, 1.82) is 0 Å².